The Bertz CT molecular complexity index is 876. The van der Waals surface area contributed by atoms with Crippen LogP contribution in [0, 0.1) is 6.92 Å². The van der Waals surface area contributed by atoms with Gasteiger partial charge in [0.1, 0.15) is 0 Å². The second-order valence-electron chi connectivity index (χ2n) is 6.55. The van der Waals surface area contributed by atoms with Gasteiger partial charge in [-0.3, -0.25) is 9.78 Å². The summed E-state index contributed by atoms with van der Waals surface area (Å²) < 4.78 is 0. The van der Waals surface area contributed by atoms with Crippen molar-refractivity contribution in [3.05, 3.63) is 77.9 Å². The van der Waals surface area contributed by atoms with Crippen LogP contribution >= 0.6 is 0 Å². The zero-order valence-electron chi connectivity index (χ0n) is 15.3. The molecule has 0 aliphatic heterocycles. The lowest BCUT2D eigenvalue weighted by molar-refractivity contribution is 0.0689. The van der Waals surface area contributed by atoms with Crippen molar-refractivity contribution >= 4 is 5.91 Å². The Morgan fingerprint density at radius 2 is 1.85 bits per heavy atom. The molecule has 0 aliphatic carbocycles. The smallest absolute Gasteiger partial charge is 0.257 e. The van der Waals surface area contributed by atoms with Gasteiger partial charge in [-0.1, -0.05) is 29.8 Å². The minimum atomic E-state index is -0.0701. The Morgan fingerprint density at radius 1 is 1.08 bits per heavy atom. The highest BCUT2D eigenvalue weighted by molar-refractivity contribution is 5.94. The Labute approximate surface area is 153 Å². The molecule has 1 amide bonds. The van der Waals surface area contributed by atoms with Crippen LogP contribution in [0.4, 0.5) is 0 Å². The van der Waals surface area contributed by atoms with Crippen molar-refractivity contribution in [2.75, 3.05) is 0 Å². The van der Waals surface area contributed by atoms with Crippen LogP contribution in [0.5, 0.6) is 0 Å². The van der Waals surface area contributed by atoms with Gasteiger partial charge in [-0.05, 0) is 38.5 Å². The van der Waals surface area contributed by atoms with Crippen molar-refractivity contribution in [2.24, 2.45) is 0 Å². The number of carbonyl (C=O) groups is 1. The van der Waals surface area contributed by atoms with Gasteiger partial charge in [0.15, 0.2) is 5.82 Å². The third-order valence-corrected chi connectivity index (χ3v) is 4.14. The average molecular weight is 346 g/mol. The molecule has 0 atom stereocenters. The van der Waals surface area contributed by atoms with Crippen LogP contribution in [0.2, 0.25) is 0 Å². The number of nitrogens with zero attached hydrogens (tertiary/aromatic N) is 4. The number of aryl methyl sites for hydroxylation is 1. The predicted molar refractivity (Wildman–Crippen MR) is 101 cm³/mol. The second kappa shape index (κ2) is 7.87. The lowest BCUT2D eigenvalue weighted by atomic mass is 10.1. The normalized spacial score (nSPS) is 10.8. The topological polar surface area (TPSA) is 59.0 Å². The van der Waals surface area contributed by atoms with E-state index in [1.165, 1.54) is 5.56 Å². The number of benzene rings is 1. The first-order valence-electron chi connectivity index (χ1n) is 8.63. The third-order valence-electron chi connectivity index (χ3n) is 4.14. The molecule has 0 radical (unpaired) electrons. The molecule has 5 heteroatoms. The summed E-state index contributed by atoms with van der Waals surface area (Å²) in [4.78, 5) is 27.5. The molecule has 132 valence electrons. The monoisotopic (exact) mass is 346 g/mol. The molecule has 2 heterocycles. The molecule has 2 aromatic heterocycles. The Balaban J connectivity index is 1.81. The molecule has 0 fully saturated rings. The van der Waals surface area contributed by atoms with Gasteiger partial charge in [0.25, 0.3) is 5.91 Å². The third kappa shape index (κ3) is 4.11. The summed E-state index contributed by atoms with van der Waals surface area (Å²) >= 11 is 0. The number of carbonyl (C=O) groups excluding carboxylic acids is 1. The van der Waals surface area contributed by atoms with Gasteiger partial charge in [0.05, 0.1) is 5.56 Å². The Kier molecular flexibility index (Phi) is 5.37. The maximum atomic E-state index is 13.0. The van der Waals surface area contributed by atoms with Crippen molar-refractivity contribution in [1.82, 2.24) is 19.9 Å². The van der Waals surface area contributed by atoms with Crippen molar-refractivity contribution in [2.45, 2.75) is 33.4 Å². The van der Waals surface area contributed by atoms with E-state index in [1.807, 2.05) is 43.0 Å². The molecule has 0 unspecified atom stereocenters. The molecule has 0 saturated heterocycles. The number of hydrogen-bond acceptors (Lipinski definition) is 4. The summed E-state index contributed by atoms with van der Waals surface area (Å²) in [5, 5.41) is 0. The fourth-order valence-corrected chi connectivity index (χ4v) is 2.74. The van der Waals surface area contributed by atoms with E-state index < -0.39 is 0 Å². The standard InChI is InChI=1S/C21H22N4O/c1-15(2)25(14-17-7-4-6-16(3)10-17)21(26)19-12-23-20(24-13-19)18-8-5-9-22-11-18/h4-13,15H,14H2,1-3H3. The Morgan fingerprint density at radius 3 is 2.46 bits per heavy atom. The second-order valence-corrected chi connectivity index (χ2v) is 6.55. The van der Waals surface area contributed by atoms with Crippen molar-refractivity contribution in [1.29, 1.82) is 0 Å². The van der Waals surface area contributed by atoms with Gasteiger partial charge in [-0.2, -0.15) is 0 Å². The van der Waals surface area contributed by atoms with E-state index in [0.717, 1.165) is 11.1 Å². The summed E-state index contributed by atoms with van der Waals surface area (Å²) in [7, 11) is 0. The molecule has 0 spiro atoms. The fourth-order valence-electron chi connectivity index (χ4n) is 2.74. The van der Waals surface area contributed by atoms with Crippen molar-refractivity contribution in [3.8, 4) is 11.4 Å². The summed E-state index contributed by atoms with van der Waals surface area (Å²) in [5.41, 5.74) is 3.61. The maximum absolute atomic E-state index is 13.0. The molecular weight excluding hydrogens is 324 g/mol. The number of hydrogen-bond donors (Lipinski definition) is 0. The first-order chi connectivity index (χ1) is 12.5. The summed E-state index contributed by atoms with van der Waals surface area (Å²) in [6.07, 6.45) is 6.58. The number of aromatic nitrogens is 3. The van der Waals surface area contributed by atoms with E-state index in [0.29, 0.717) is 17.9 Å². The molecule has 26 heavy (non-hydrogen) atoms. The SMILES string of the molecule is Cc1cccc(CN(C(=O)c2cnc(-c3cccnc3)nc2)C(C)C)c1. The average Bonchev–Trinajstić information content (AvgIpc) is 2.66. The molecule has 0 aliphatic rings. The molecule has 5 nitrogen and oxygen atoms in total. The lowest BCUT2D eigenvalue weighted by Gasteiger charge is -2.27. The van der Waals surface area contributed by atoms with E-state index >= 15 is 0 Å². The van der Waals surface area contributed by atoms with E-state index in [1.54, 1.807) is 24.8 Å². The van der Waals surface area contributed by atoms with Crippen LogP contribution < -0.4 is 0 Å². The molecular formula is C21H22N4O. The van der Waals surface area contributed by atoms with Crippen LogP contribution in [0.3, 0.4) is 0 Å². The van der Waals surface area contributed by atoms with Gasteiger partial charge in [0, 0.05) is 42.9 Å². The molecule has 3 rings (SSSR count). The van der Waals surface area contributed by atoms with Crippen molar-refractivity contribution < 1.29 is 4.79 Å². The zero-order valence-corrected chi connectivity index (χ0v) is 15.3. The fraction of sp³-hybridized carbons (Fsp3) is 0.238. The number of rotatable bonds is 5. The summed E-state index contributed by atoms with van der Waals surface area (Å²) in [6, 6.07) is 12.0. The number of pyridine rings is 1. The molecule has 0 saturated carbocycles. The van der Waals surface area contributed by atoms with Gasteiger partial charge >= 0.3 is 0 Å². The molecule has 0 bridgehead atoms. The highest BCUT2D eigenvalue weighted by Crippen LogP contribution is 2.16. The van der Waals surface area contributed by atoms with Crippen LogP contribution in [0.25, 0.3) is 11.4 Å². The predicted octanol–water partition coefficient (Wildman–Crippen LogP) is 3.90. The van der Waals surface area contributed by atoms with Gasteiger partial charge in [-0.25, -0.2) is 9.97 Å². The minimum Gasteiger partial charge on any atom is -0.332 e. The highest BCUT2D eigenvalue weighted by Gasteiger charge is 2.20. The summed E-state index contributed by atoms with van der Waals surface area (Å²) in [5.74, 6) is 0.490. The van der Waals surface area contributed by atoms with Gasteiger partial charge < -0.3 is 4.90 Å². The first kappa shape index (κ1) is 17.7. The van der Waals surface area contributed by atoms with Crippen LogP contribution in [0.15, 0.2) is 61.2 Å². The molecule has 0 N–H and O–H groups in total. The molecule has 1 aromatic carbocycles. The molecule has 3 aromatic rings. The van der Waals surface area contributed by atoms with E-state index in [2.05, 4.69) is 34.0 Å². The largest absolute Gasteiger partial charge is 0.332 e. The lowest BCUT2D eigenvalue weighted by Crippen LogP contribution is -2.36. The number of amides is 1. The van der Waals surface area contributed by atoms with E-state index in [9.17, 15) is 4.79 Å². The van der Waals surface area contributed by atoms with Crippen molar-refractivity contribution in [3.63, 3.8) is 0 Å². The first-order valence-corrected chi connectivity index (χ1v) is 8.63. The maximum Gasteiger partial charge on any atom is 0.257 e. The quantitative estimate of drug-likeness (QED) is 0.703. The van der Waals surface area contributed by atoms with Crippen LogP contribution in [0.1, 0.15) is 35.3 Å². The minimum absolute atomic E-state index is 0.0701. The van der Waals surface area contributed by atoms with E-state index in [4.69, 9.17) is 0 Å². The summed E-state index contributed by atoms with van der Waals surface area (Å²) in [6.45, 7) is 6.63. The highest BCUT2D eigenvalue weighted by atomic mass is 16.2. The van der Waals surface area contributed by atoms with E-state index in [-0.39, 0.29) is 11.9 Å². The van der Waals surface area contributed by atoms with Crippen LogP contribution in [-0.2, 0) is 6.54 Å². The van der Waals surface area contributed by atoms with Gasteiger partial charge in [0.2, 0.25) is 0 Å². The van der Waals surface area contributed by atoms with Crippen LogP contribution in [-0.4, -0.2) is 31.8 Å². The zero-order chi connectivity index (χ0) is 18.5. The Hall–Kier alpha value is -3.08. The van der Waals surface area contributed by atoms with Gasteiger partial charge in [-0.15, -0.1) is 0 Å².